The summed E-state index contributed by atoms with van der Waals surface area (Å²) >= 11 is 11.9. The molecule has 4 rings (SSSR count). The molecular formula is C24H21Cl2F3N4O3. The van der Waals surface area contributed by atoms with Gasteiger partial charge in [-0.3, -0.25) is 9.48 Å². The average molecular weight is 541 g/mol. The molecule has 1 amide bonds. The van der Waals surface area contributed by atoms with Gasteiger partial charge in [0, 0.05) is 29.2 Å². The molecule has 2 heterocycles. The third kappa shape index (κ3) is 5.15. The topological polar surface area (TPSA) is 77.7 Å². The molecule has 2 aromatic carbocycles. The first-order chi connectivity index (χ1) is 17.0. The number of nitrogens with one attached hydrogen (secondary N) is 1. The first kappa shape index (κ1) is 25.8. The molecule has 1 aliphatic heterocycles. The second-order valence-electron chi connectivity index (χ2n) is 8.09. The van der Waals surface area contributed by atoms with E-state index in [9.17, 15) is 18.0 Å². The van der Waals surface area contributed by atoms with Crippen LogP contribution in [0.1, 0.15) is 40.7 Å². The molecule has 0 saturated carbocycles. The number of aromatic nitrogens is 2. The number of carbonyl (C=O) groups excluding carboxylic acids is 1. The molecule has 1 atom stereocenters. The lowest BCUT2D eigenvalue weighted by atomic mass is 9.87. The maximum absolute atomic E-state index is 14.2. The molecule has 0 aliphatic carbocycles. The van der Waals surface area contributed by atoms with Gasteiger partial charge in [0.15, 0.2) is 0 Å². The van der Waals surface area contributed by atoms with E-state index in [4.69, 9.17) is 32.8 Å². The Morgan fingerprint density at radius 3 is 2.44 bits per heavy atom. The largest absolute Gasteiger partial charge is 0.494 e. The summed E-state index contributed by atoms with van der Waals surface area (Å²) in [5, 5.41) is 10.7. The average Bonchev–Trinajstić information content (AvgIpc) is 3.43. The summed E-state index contributed by atoms with van der Waals surface area (Å²) in [6.07, 6.45) is -5.50. The van der Waals surface area contributed by atoms with Crippen LogP contribution in [0.4, 0.5) is 13.2 Å². The molecule has 0 fully saturated rings. The van der Waals surface area contributed by atoms with Gasteiger partial charge in [0.2, 0.25) is 0 Å². The van der Waals surface area contributed by atoms with Crippen LogP contribution in [0.25, 0.3) is 0 Å². The number of halogens is 5. The Labute approximate surface area is 214 Å². The monoisotopic (exact) mass is 540 g/mol. The number of alkyl halides is 3. The third-order valence-corrected chi connectivity index (χ3v) is 6.05. The summed E-state index contributed by atoms with van der Waals surface area (Å²) in [5.41, 5.74) is -2.06. The summed E-state index contributed by atoms with van der Waals surface area (Å²) in [7, 11) is 1.51. The molecule has 0 bridgehead atoms. The van der Waals surface area contributed by atoms with Crippen molar-refractivity contribution in [2.75, 3.05) is 6.61 Å². The van der Waals surface area contributed by atoms with Gasteiger partial charge in [-0.25, -0.2) is 0 Å². The Kier molecular flexibility index (Phi) is 7.19. The molecule has 12 heteroatoms. The Bertz CT molecular complexity index is 1290. The molecule has 1 aliphatic rings. The Balaban J connectivity index is 1.51. The number of hydrogen-bond donors (Lipinski definition) is 1. The van der Waals surface area contributed by atoms with Gasteiger partial charge in [0.25, 0.3) is 11.5 Å². The van der Waals surface area contributed by atoms with Gasteiger partial charge < -0.3 is 14.9 Å². The summed E-state index contributed by atoms with van der Waals surface area (Å²) in [5.74, 6) is 0.270. The molecule has 1 unspecified atom stereocenters. The molecule has 7 nitrogen and oxygen atoms in total. The predicted molar refractivity (Wildman–Crippen MR) is 128 cm³/mol. The zero-order valence-electron chi connectivity index (χ0n) is 19.2. The number of rotatable bonds is 7. The standard InChI is InChI=1S/C24H21Cl2F3N4O3/c1-3-35-18-6-4-14(5-7-18)13-30-22(34)21-11-19(31-33(21)2)20-12-23(36-32-20,24(27,28)29)15-8-16(25)10-17(26)9-15/h4-11H,3,12-13H2,1-2H3,(H,30,34). The summed E-state index contributed by atoms with van der Waals surface area (Å²) in [6, 6.07) is 12.2. The van der Waals surface area contributed by atoms with Gasteiger partial charge in [-0.15, -0.1) is 0 Å². The van der Waals surface area contributed by atoms with Crippen molar-refractivity contribution >= 4 is 34.8 Å². The van der Waals surface area contributed by atoms with Crippen LogP contribution < -0.4 is 10.1 Å². The number of aryl methyl sites for hydroxylation is 1. The summed E-state index contributed by atoms with van der Waals surface area (Å²) in [6.45, 7) is 2.67. The fraction of sp³-hybridized carbons (Fsp3) is 0.292. The smallest absolute Gasteiger partial charge is 0.435 e. The minimum absolute atomic E-state index is 0.0301. The van der Waals surface area contributed by atoms with E-state index in [0.29, 0.717) is 6.61 Å². The van der Waals surface area contributed by atoms with E-state index in [-0.39, 0.29) is 39.3 Å². The van der Waals surface area contributed by atoms with Gasteiger partial charge in [0.05, 0.1) is 13.0 Å². The lowest BCUT2D eigenvalue weighted by molar-refractivity contribution is -0.275. The van der Waals surface area contributed by atoms with Crippen LogP contribution in [0.5, 0.6) is 5.75 Å². The van der Waals surface area contributed by atoms with Gasteiger partial charge >= 0.3 is 6.18 Å². The van der Waals surface area contributed by atoms with E-state index in [0.717, 1.165) is 23.4 Å². The minimum Gasteiger partial charge on any atom is -0.494 e. The molecule has 190 valence electrons. The molecule has 36 heavy (non-hydrogen) atoms. The van der Waals surface area contributed by atoms with Crippen LogP contribution in [0, 0.1) is 0 Å². The molecule has 1 aromatic heterocycles. The third-order valence-electron chi connectivity index (χ3n) is 5.61. The van der Waals surface area contributed by atoms with Crippen LogP contribution >= 0.6 is 23.2 Å². The van der Waals surface area contributed by atoms with Gasteiger partial charge in [-0.05, 0) is 48.9 Å². The number of hydrogen-bond acceptors (Lipinski definition) is 5. The highest BCUT2D eigenvalue weighted by molar-refractivity contribution is 6.34. The van der Waals surface area contributed by atoms with Crippen molar-refractivity contribution in [3.05, 3.63) is 81.1 Å². The first-order valence-electron chi connectivity index (χ1n) is 10.8. The van der Waals surface area contributed by atoms with E-state index in [1.54, 1.807) is 12.1 Å². The summed E-state index contributed by atoms with van der Waals surface area (Å²) in [4.78, 5) is 17.7. The number of carbonyl (C=O) groups is 1. The molecule has 1 N–H and O–H groups in total. The van der Waals surface area contributed by atoms with E-state index >= 15 is 0 Å². The molecular weight excluding hydrogens is 520 g/mol. The van der Waals surface area contributed by atoms with Crippen molar-refractivity contribution < 1.29 is 27.5 Å². The van der Waals surface area contributed by atoms with Crippen LogP contribution in [-0.4, -0.2) is 34.2 Å². The van der Waals surface area contributed by atoms with Gasteiger partial charge in [0.1, 0.15) is 22.8 Å². The van der Waals surface area contributed by atoms with Crippen molar-refractivity contribution in [2.45, 2.75) is 31.7 Å². The molecule has 0 spiro atoms. The highest BCUT2D eigenvalue weighted by Gasteiger charge is 2.62. The normalized spacial score (nSPS) is 17.5. The maximum Gasteiger partial charge on any atom is 0.435 e. The number of nitrogens with zero attached hydrogens (tertiary/aromatic N) is 3. The fourth-order valence-corrected chi connectivity index (χ4v) is 4.32. The number of benzene rings is 2. The fourth-order valence-electron chi connectivity index (χ4n) is 3.79. The highest BCUT2D eigenvalue weighted by atomic mass is 35.5. The first-order valence-corrected chi connectivity index (χ1v) is 11.6. The van der Waals surface area contributed by atoms with E-state index in [1.165, 1.54) is 23.9 Å². The SMILES string of the molecule is CCOc1ccc(CNC(=O)c2cc(C3=NOC(c4cc(Cl)cc(Cl)c4)(C(F)(F)F)C3)nn2C)cc1. The van der Waals surface area contributed by atoms with Crippen LogP contribution in [0.2, 0.25) is 10.0 Å². The maximum atomic E-state index is 14.2. The van der Waals surface area contributed by atoms with E-state index in [1.807, 2.05) is 19.1 Å². The van der Waals surface area contributed by atoms with Crippen molar-refractivity contribution in [1.29, 1.82) is 0 Å². The minimum atomic E-state index is -4.83. The van der Waals surface area contributed by atoms with Crippen LogP contribution in [-0.2, 0) is 24.0 Å². The predicted octanol–water partition coefficient (Wildman–Crippen LogP) is 5.64. The highest BCUT2D eigenvalue weighted by Crippen LogP contribution is 2.49. The second kappa shape index (κ2) is 10.0. The van der Waals surface area contributed by atoms with E-state index < -0.39 is 24.1 Å². The lowest BCUT2D eigenvalue weighted by Gasteiger charge is -2.29. The van der Waals surface area contributed by atoms with Crippen LogP contribution in [0.15, 0.2) is 53.7 Å². The lowest BCUT2D eigenvalue weighted by Crippen LogP contribution is -2.42. The van der Waals surface area contributed by atoms with Crippen molar-refractivity contribution in [3.63, 3.8) is 0 Å². The molecule has 0 saturated heterocycles. The summed E-state index contributed by atoms with van der Waals surface area (Å²) < 4.78 is 49.3. The van der Waals surface area contributed by atoms with Crippen molar-refractivity contribution in [2.24, 2.45) is 12.2 Å². The zero-order chi connectivity index (χ0) is 26.1. The van der Waals surface area contributed by atoms with Gasteiger partial charge in [-0.1, -0.05) is 40.5 Å². The Morgan fingerprint density at radius 1 is 1.17 bits per heavy atom. The molecule has 3 aromatic rings. The van der Waals surface area contributed by atoms with E-state index in [2.05, 4.69) is 15.6 Å². The number of ether oxygens (including phenoxy) is 1. The van der Waals surface area contributed by atoms with Crippen molar-refractivity contribution in [3.8, 4) is 5.75 Å². The second-order valence-corrected chi connectivity index (χ2v) is 8.96. The quantitative estimate of drug-likeness (QED) is 0.420. The number of amides is 1. The van der Waals surface area contributed by atoms with Gasteiger partial charge in [-0.2, -0.15) is 18.3 Å². The number of oxime groups is 1. The van der Waals surface area contributed by atoms with Crippen LogP contribution in [0.3, 0.4) is 0 Å². The Hall–Kier alpha value is -3.24. The Morgan fingerprint density at radius 2 is 1.83 bits per heavy atom. The molecule has 0 radical (unpaired) electrons. The van der Waals surface area contributed by atoms with Crippen molar-refractivity contribution in [1.82, 2.24) is 15.1 Å². The zero-order valence-corrected chi connectivity index (χ0v) is 20.7.